The fourth-order valence-electron chi connectivity index (χ4n) is 1.82. The van der Waals surface area contributed by atoms with Crippen LogP contribution in [-0.2, 0) is 9.47 Å². The Kier molecular flexibility index (Phi) is 3.33. The Balaban J connectivity index is 2.47. The normalized spacial score (nSPS) is 30.9. The van der Waals surface area contributed by atoms with Gasteiger partial charge in [-0.3, -0.25) is 0 Å². The number of ether oxygens (including phenoxy) is 2. The predicted octanol–water partition coefficient (Wildman–Crippen LogP) is 1.37. The number of nitrogens with two attached hydrogens (primary N) is 1. The highest BCUT2D eigenvalue weighted by atomic mass is 16.7. The molecule has 1 aliphatic carbocycles. The highest BCUT2D eigenvalue weighted by Gasteiger charge is 2.60. The standard InChI is InChI=1S/C10H21NO2/c1-5-12-9(13-6-2)7-8(11)10(7,3)4/h7-9H,5-6,11H2,1-4H3/t7-,8+/m1/s1. The Labute approximate surface area is 80.6 Å². The van der Waals surface area contributed by atoms with Crippen LogP contribution in [0.15, 0.2) is 0 Å². The Hall–Kier alpha value is -0.120. The van der Waals surface area contributed by atoms with E-state index in [1.54, 1.807) is 0 Å². The first-order valence-electron chi connectivity index (χ1n) is 5.04. The van der Waals surface area contributed by atoms with Gasteiger partial charge in [0.2, 0.25) is 0 Å². The molecule has 0 amide bonds. The molecular formula is C10H21NO2. The molecule has 0 radical (unpaired) electrons. The van der Waals surface area contributed by atoms with Gasteiger partial charge >= 0.3 is 0 Å². The molecule has 1 fully saturated rings. The molecule has 1 saturated carbocycles. The summed E-state index contributed by atoms with van der Waals surface area (Å²) in [4.78, 5) is 0. The van der Waals surface area contributed by atoms with Crippen molar-refractivity contribution in [2.24, 2.45) is 17.1 Å². The highest BCUT2D eigenvalue weighted by Crippen LogP contribution is 2.53. The zero-order valence-electron chi connectivity index (χ0n) is 9.04. The van der Waals surface area contributed by atoms with Crippen LogP contribution in [-0.4, -0.2) is 25.5 Å². The zero-order chi connectivity index (χ0) is 10.1. The molecule has 13 heavy (non-hydrogen) atoms. The molecule has 2 atom stereocenters. The smallest absolute Gasteiger partial charge is 0.162 e. The van der Waals surface area contributed by atoms with Gasteiger partial charge in [0.25, 0.3) is 0 Å². The van der Waals surface area contributed by atoms with Crippen molar-refractivity contribution in [3.05, 3.63) is 0 Å². The maximum Gasteiger partial charge on any atom is 0.162 e. The Morgan fingerprint density at radius 3 is 1.85 bits per heavy atom. The molecule has 0 spiro atoms. The van der Waals surface area contributed by atoms with E-state index in [-0.39, 0.29) is 17.7 Å². The van der Waals surface area contributed by atoms with E-state index in [1.807, 2.05) is 13.8 Å². The van der Waals surface area contributed by atoms with Crippen LogP contribution < -0.4 is 5.73 Å². The van der Waals surface area contributed by atoms with E-state index in [0.29, 0.717) is 19.1 Å². The molecule has 3 heteroatoms. The molecule has 0 unspecified atom stereocenters. The van der Waals surface area contributed by atoms with Crippen LogP contribution in [0.4, 0.5) is 0 Å². The fourth-order valence-corrected chi connectivity index (χ4v) is 1.82. The maximum atomic E-state index is 5.95. The quantitative estimate of drug-likeness (QED) is 0.661. The summed E-state index contributed by atoms with van der Waals surface area (Å²) in [7, 11) is 0. The third-order valence-corrected chi connectivity index (χ3v) is 2.95. The van der Waals surface area contributed by atoms with Crippen LogP contribution in [0.1, 0.15) is 27.7 Å². The van der Waals surface area contributed by atoms with Gasteiger partial charge in [-0.1, -0.05) is 13.8 Å². The van der Waals surface area contributed by atoms with Crippen LogP contribution in [0, 0.1) is 11.3 Å². The predicted molar refractivity (Wildman–Crippen MR) is 52.3 cm³/mol. The van der Waals surface area contributed by atoms with E-state index in [1.165, 1.54) is 0 Å². The summed E-state index contributed by atoms with van der Waals surface area (Å²) in [6.07, 6.45) is -0.111. The average molecular weight is 187 g/mol. The average Bonchev–Trinajstić information content (AvgIpc) is 2.52. The van der Waals surface area contributed by atoms with Crippen molar-refractivity contribution in [3.63, 3.8) is 0 Å². The molecule has 0 aromatic carbocycles. The molecule has 0 aromatic heterocycles. The minimum Gasteiger partial charge on any atom is -0.353 e. The molecule has 0 aromatic rings. The molecule has 0 saturated heterocycles. The van der Waals surface area contributed by atoms with E-state index < -0.39 is 0 Å². The molecule has 0 bridgehead atoms. The van der Waals surface area contributed by atoms with Gasteiger partial charge in [-0.25, -0.2) is 0 Å². The lowest BCUT2D eigenvalue weighted by atomic mass is 10.1. The minimum absolute atomic E-state index is 0.111. The lowest BCUT2D eigenvalue weighted by Gasteiger charge is -2.17. The van der Waals surface area contributed by atoms with Gasteiger partial charge in [0.1, 0.15) is 0 Å². The Morgan fingerprint density at radius 1 is 1.23 bits per heavy atom. The van der Waals surface area contributed by atoms with E-state index in [9.17, 15) is 0 Å². The van der Waals surface area contributed by atoms with Crippen molar-refractivity contribution >= 4 is 0 Å². The largest absolute Gasteiger partial charge is 0.353 e. The van der Waals surface area contributed by atoms with Gasteiger partial charge < -0.3 is 15.2 Å². The van der Waals surface area contributed by atoms with Gasteiger partial charge in [-0.15, -0.1) is 0 Å². The lowest BCUT2D eigenvalue weighted by Crippen LogP contribution is -2.23. The van der Waals surface area contributed by atoms with E-state index in [2.05, 4.69) is 13.8 Å². The van der Waals surface area contributed by atoms with Gasteiger partial charge in [0, 0.05) is 25.2 Å². The number of rotatable bonds is 5. The van der Waals surface area contributed by atoms with E-state index in [4.69, 9.17) is 15.2 Å². The summed E-state index contributed by atoms with van der Waals surface area (Å²) in [5.41, 5.74) is 6.12. The molecule has 3 nitrogen and oxygen atoms in total. The second kappa shape index (κ2) is 3.95. The molecule has 0 heterocycles. The fraction of sp³-hybridized carbons (Fsp3) is 1.00. The maximum absolute atomic E-state index is 5.95. The molecule has 2 N–H and O–H groups in total. The first-order valence-corrected chi connectivity index (χ1v) is 5.04. The lowest BCUT2D eigenvalue weighted by molar-refractivity contribution is -0.153. The van der Waals surface area contributed by atoms with E-state index in [0.717, 1.165) is 0 Å². The van der Waals surface area contributed by atoms with Crippen molar-refractivity contribution in [2.45, 2.75) is 40.0 Å². The summed E-state index contributed by atoms with van der Waals surface area (Å²) in [5, 5.41) is 0. The second-order valence-electron chi connectivity index (χ2n) is 4.15. The van der Waals surface area contributed by atoms with Crippen molar-refractivity contribution in [1.82, 2.24) is 0 Å². The van der Waals surface area contributed by atoms with E-state index >= 15 is 0 Å². The van der Waals surface area contributed by atoms with Crippen molar-refractivity contribution in [3.8, 4) is 0 Å². The third kappa shape index (κ3) is 2.03. The first kappa shape index (κ1) is 11.0. The van der Waals surface area contributed by atoms with Crippen LogP contribution in [0.5, 0.6) is 0 Å². The van der Waals surface area contributed by atoms with Crippen LogP contribution in [0.25, 0.3) is 0 Å². The molecule has 78 valence electrons. The zero-order valence-corrected chi connectivity index (χ0v) is 9.04. The van der Waals surface area contributed by atoms with Gasteiger partial charge in [0.05, 0.1) is 0 Å². The molecule has 1 rings (SSSR count). The Bertz CT molecular complexity index is 164. The highest BCUT2D eigenvalue weighted by molar-refractivity contribution is 5.10. The second-order valence-corrected chi connectivity index (χ2v) is 4.15. The molecule has 1 aliphatic rings. The summed E-state index contributed by atoms with van der Waals surface area (Å²) in [6, 6.07) is 0.218. The van der Waals surface area contributed by atoms with Crippen LogP contribution in [0.3, 0.4) is 0 Å². The number of hydrogen-bond acceptors (Lipinski definition) is 3. The topological polar surface area (TPSA) is 44.5 Å². The van der Waals surface area contributed by atoms with Crippen molar-refractivity contribution in [1.29, 1.82) is 0 Å². The van der Waals surface area contributed by atoms with Crippen molar-refractivity contribution in [2.75, 3.05) is 13.2 Å². The summed E-state index contributed by atoms with van der Waals surface area (Å²) in [5.74, 6) is 0.354. The summed E-state index contributed by atoms with van der Waals surface area (Å²) >= 11 is 0. The third-order valence-electron chi connectivity index (χ3n) is 2.95. The summed E-state index contributed by atoms with van der Waals surface area (Å²) in [6.45, 7) is 9.65. The first-order chi connectivity index (χ1) is 6.05. The molecule has 0 aliphatic heterocycles. The van der Waals surface area contributed by atoms with Crippen molar-refractivity contribution < 1.29 is 9.47 Å². The number of hydrogen-bond donors (Lipinski definition) is 1. The SMILES string of the molecule is CCOC(OCC)[C@H]1[C@H](N)C1(C)C. The van der Waals surface area contributed by atoms with Gasteiger partial charge in [0.15, 0.2) is 6.29 Å². The minimum atomic E-state index is -0.111. The van der Waals surface area contributed by atoms with Crippen LogP contribution in [0.2, 0.25) is 0 Å². The monoisotopic (exact) mass is 187 g/mol. The van der Waals surface area contributed by atoms with Gasteiger partial charge in [-0.05, 0) is 19.3 Å². The Morgan fingerprint density at radius 2 is 1.62 bits per heavy atom. The molecular weight excluding hydrogens is 166 g/mol. The van der Waals surface area contributed by atoms with Crippen LogP contribution >= 0.6 is 0 Å². The summed E-state index contributed by atoms with van der Waals surface area (Å²) < 4.78 is 11.0. The van der Waals surface area contributed by atoms with Gasteiger partial charge in [-0.2, -0.15) is 0 Å².